The van der Waals surface area contributed by atoms with Crippen molar-refractivity contribution in [3.63, 3.8) is 0 Å². The molecule has 4 rings (SSSR count). The highest BCUT2D eigenvalue weighted by atomic mass is 79.9. The van der Waals surface area contributed by atoms with Gasteiger partial charge in [-0.1, -0.05) is 40.2 Å². The van der Waals surface area contributed by atoms with Gasteiger partial charge in [-0.15, -0.1) is 0 Å². The van der Waals surface area contributed by atoms with Crippen LogP contribution in [0.3, 0.4) is 0 Å². The van der Waals surface area contributed by atoms with Gasteiger partial charge in [0.2, 0.25) is 5.91 Å². The number of hydrazone groups is 1. The van der Waals surface area contributed by atoms with Crippen LogP contribution in [0, 0.1) is 19.7 Å². The number of nitrogens with one attached hydrogen (secondary N) is 1. The Balaban J connectivity index is 1.38. The lowest BCUT2D eigenvalue weighted by atomic mass is 10.1. The summed E-state index contributed by atoms with van der Waals surface area (Å²) in [6, 6.07) is 23.9. The molecule has 5 nitrogen and oxygen atoms in total. The van der Waals surface area contributed by atoms with E-state index in [1.807, 2.05) is 68.4 Å². The van der Waals surface area contributed by atoms with E-state index in [4.69, 9.17) is 4.74 Å². The number of hydrogen-bond acceptors (Lipinski definition) is 3. The zero-order valence-corrected chi connectivity index (χ0v) is 21.0. The Labute approximate surface area is 212 Å². The van der Waals surface area contributed by atoms with Gasteiger partial charge in [0.05, 0.1) is 12.6 Å². The van der Waals surface area contributed by atoms with Gasteiger partial charge in [-0.05, 0) is 79.6 Å². The van der Waals surface area contributed by atoms with Crippen molar-refractivity contribution in [1.29, 1.82) is 0 Å². The van der Waals surface area contributed by atoms with Gasteiger partial charge >= 0.3 is 0 Å². The maximum Gasteiger partial charge on any atom is 0.244 e. The second-order valence-electron chi connectivity index (χ2n) is 8.17. The second-order valence-corrected chi connectivity index (χ2v) is 9.08. The van der Waals surface area contributed by atoms with Gasteiger partial charge < -0.3 is 9.30 Å². The molecule has 0 unspecified atom stereocenters. The maximum atomic E-state index is 13.0. The molecule has 1 N–H and O–H groups in total. The van der Waals surface area contributed by atoms with Crippen LogP contribution >= 0.6 is 15.9 Å². The number of benzene rings is 3. The minimum absolute atomic E-state index is 0.132. The number of amides is 1. The lowest BCUT2D eigenvalue weighted by Gasteiger charge is -2.11. The molecule has 1 heterocycles. The number of aryl methyl sites for hydroxylation is 1. The van der Waals surface area contributed by atoms with E-state index in [1.165, 1.54) is 12.1 Å². The molecular formula is C28H25BrFN3O2. The lowest BCUT2D eigenvalue weighted by Crippen LogP contribution is -2.19. The number of aromatic nitrogens is 1. The van der Waals surface area contributed by atoms with Gasteiger partial charge in [0.15, 0.2) is 0 Å². The van der Waals surface area contributed by atoms with Gasteiger partial charge in [0, 0.05) is 27.1 Å². The van der Waals surface area contributed by atoms with Crippen LogP contribution in [-0.2, 0) is 17.8 Å². The lowest BCUT2D eigenvalue weighted by molar-refractivity contribution is -0.120. The van der Waals surface area contributed by atoms with Gasteiger partial charge in [0.25, 0.3) is 0 Å². The number of carbonyl (C=O) groups is 1. The van der Waals surface area contributed by atoms with Crippen LogP contribution in [0.4, 0.5) is 4.39 Å². The molecule has 0 fully saturated rings. The second kappa shape index (κ2) is 11.1. The first-order chi connectivity index (χ1) is 16.9. The highest BCUT2D eigenvalue weighted by molar-refractivity contribution is 9.10. The van der Waals surface area contributed by atoms with Crippen LogP contribution in [0.25, 0.3) is 5.69 Å². The quantitative estimate of drug-likeness (QED) is 0.214. The molecule has 0 atom stereocenters. The Morgan fingerprint density at radius 1 is 1.00 bits per heavy atom. The van der Waals surface area contributed by atoms with Crippen molar-refractivity contribution in [2.75, 3.05) is 0 Å². The van der Waals surface area contributed by atoms with Crippen molar-refractivity contribution in [2.45, 2.75) is 26.9 Å². The van der Waals surface area contributed by atoms with E-state index >= 15 is 0 Å². The third kappa shape index (κ3) is 6.45. The fourth-order valence-corrected chi connectivity index (χ4v) is 4.02. The largest absolute Gasteiger partial charge is 0.489 e. The number of nitrogens with zero attached hydrogens (tertiary/aromatic N) is 2. The number of rotatable bonds is 8. The normalized spacial score (nSPS) is 11.1. The number of halogens is 2. The third-order valence-electron chi connectivity index (χ3n) is 5.55. The standard InChI is InChI=1S/C28H25BrFN3O2/c1-19-15-23(17-31-32-28(34)16-21-5-9-25(30)10-6-21)20(2)33(19)26-11-13-27(14-12-26)35-18-22-3-7-24(29)8-4-22/h3-15,17H,16,18H2,1-2H3,(H,32,34)/b31-17+. The molecule has 0 saturated heterocycles. The van der Waals surface area contributed by atoms with Crippen LogP contribution in [0.1, 0.15) is 28.1 Å². The summed E-state index contributed by atoms with van der Waals surface area (Å²) >= 11 is 3.44. The monoisotopic (exact) mass is 533 g/mol. The Kier molecular flexibility index (Phi) is 7.77. The van der Waals surface area contributed by atoms with E-state index in [0.29, 0.717) is 6.61 Å². The summed E-state index contributed by atoms with van der Waals surface area (Å²) in [7, 11) is 0. The summed E-state index contributed by atoms with van der Waals surface area (Å²) in [5.74, 6) is 0.204. The van der Waals surface area contributed by atoms with E-state index < -0.39 is 0 Å². The fraction of sp³-hybridized carbons (Fsp3) is 0.143. The predicted octanol–water partition coefficient (Wildman–Crippen LogP) is 6.27. The summed E-state index contributed by atoms with van der Waals surface area (Å²) in [6.45, 7) is 4.53. The molecule has 0 saturated carbocycles. The van der Waals surface area contributed by atoms with Crippen molar-refractivity contribution in [3.8, 4) is 11.4 Å². The fourth-order valence-electron chi connectivity index (χ4n) is 3.76. The van der Waals surface area contributed by atoms with Gasteiger partial charge in [0.1, 0.15) is 18.2 Å². The summed E-state index contributed by atoms with van der Waals surface area (Å²) < 4.78 is 22.1. The molecule has 0 radical (unpaired) electrons. The topological polar surface area (TPSA) is 55.6 Å². The first-order valence-electron chi connectivity index (χ1n) is 11.1. The van der Waals surface area contributed by atoms with Crippen LogP contribution in [0.15, 0.2) is 88.4 Å². The Morgan fingerprint density at radius 3 is 2.34 bits per heavy atom. The first-order valence-corrected chi connectivity index (χ1v) is 11.9. The van der Waals surface area contributed by atoms with Gasteiger partial charge in [-0.3, -0.25) is 4.79 Å². The number of hydrogen-bond donors (Lipinski definition) is 1. The average Bonchev–Trinajstić information content (AvgIpc) is 3.13. The van der Waals surface area contributed by atoms with Crippen molar-refractivity contribution >= 4 is 28.1 Å². The van der Waals surface area contributed by atoms with Gasteiger partial charge in [-0.2, -0.15) is 5.10 Å². The molecule has 4 aromatic rings. The van der Waals surface area contributed by atoms with Crippen LogP contribution < -0.4 is 10.2 Å². The molecule has 0 bridgehead atoms. The molecule has 0 aliphatic heterocycles. The smallest absolute Gasteiger partial charge is 0.244 e. The molecule has 35 heavy (non-hydrogen) atoms. The predicted molar refractivity (Wildman–Crippen MR) is 140 cm³/mol. The molecular weight excluding hydrogens is 509 g/mol. The highest BCUT2D eigenvalue weighted by Gasteiger charge is 2.10. The summed E-state index contributed by atoms with van der Waals surface area (Å²) in [5, 5.41) is 4.10. The average molecular weight is 534 g/mol. The first kappa shape index (κ1) is 24.4. The molecule has 0 spiro atoms. The summed E-state index contributed by atoms with van der Waals surface area (Å²) in [5.41, 5.74) is 8.32. The van der Waals surface area contributed by atoms with Crippen LogP contribution in [-0.4, -0.2) is 16.7 Å². The van der Waals surface area contributed by atoms with E-state index in [-0.39, 0.29) is 18.1 Å². The number of ether oxygens (including phenoxy) is 1. The van der Waals surface area contributed by atoms with Crippen molar-refractivity contribution in [2.24, 2.45) is 5.10 Å². The maximum absolute atomic E-state index is 13.0. The molecule has 7 heteroatoms. The van der Waals surface area contributed by atoms with Crippen LogP contribution in [0.2, 0.25) is 0 Å². The SMILES string of the molecule is Cc1cc(/C=N/NC(=O)Cc2ccc(F)cc2)c(C)n1-c1ccc(OCc2ccc(Br)cc2)cc1. The molecule has 1 amide bonds. The molecule has 0 aliphatic rings. The third-order valence-corrected chi connectivity index (χ3v) is 6.08. The van der Waals surface area contributed by atoms with Crippen LogP contribution in [0.5, 0.6) is 5.75 Å². The Morgan fingerprint density at radius 2 is 1.66 bits per heavy atom. The van der Waals surface area contributed by atoms with E-state index in [1.54, 1.807) is 18.3 Å². The van der Waals surface area contributed by atoms with Gasteiger partial charge in [-0.25, -0.2) is 9.82 Å². The number of carbonyl (C=O) groups excluding carboxylic acids is 1. The molecule has 178 valence electrons. The van der Waals surface area contributed by atoms with E-state index in [0.717, 1.165) is 44.0 Å². The highest BCUT2D eigenvalue weighted by Crippen LogP contribution is 2.23. The van der Waals surface area contributed by atoms with Crippen molar-refractivity contribution in [3.05, 3.63) is 117 Å². The van der Waals surface area contributed by atoms with Crippen molar-refractivity contribution in [1.82, 2.24) is 9.99 Å². The van der Waals surface area contributed by atoms with Crippen molar-refractivity contribution < 1.29 is 13.9 Å². The van der Waals surface area contributed by atoms with E-state index in [2.05, 4.69) is 31.0 Å². The minimum atomic E-state index is -0.328. The minimum Gasteiger partial charge on any atom is -0.489 e. The summed E-state index contributed by atoms with van der Waals surface area (Å²) in [6.07, 6.45) is 1.77. The zero-order chi connectivity index (χ0) is 24.8. The molecule has 1 aromatic heterocycles. The molecule has 3 aromatic carbocycles. The Bertz CT molecular complexity index is 1330. The zero-order valence-electron chi connectivity index (χ0n) is 19.5. The van der Waals surface area contributed by atoms with E-state index in [9.17, 15) is 9.18 Å². The summed E-state index contributed by atoms with van der Waals surface area (Å²) in [4.78, 5) is 12.1. The molecule has 0 aliphatic carbocycles. The Hall–Kier alpha value is -3.71.